The molecule has 0 N–H and O–H groups in total. The molecule has 88 valence electrons. The maximum Gasteiger partial charge on any atom is 0.193 e. The van der Waals surface area contributed by atoms with Crippen LogP contribution < -0.4 is 0 Å². The van der Waals surface area contributed by atoms with Crippen LogP contribution in [0.25, 0.3) is 0 Å². The summed E-state index contributed by atoms with van der Waals surface area (Å²) in [6.07, 6.45) is 0. The summed E-state index contributed by atoms with van der Waals surface area (Å²) in [7, 11) is 0. The van der Waals surface area contributed by atoms with Crippen LogP contribution in [0.4, 0.5) is 0 Å². The fraction of sp³-hybridized carbons (Fsp3) is 0.125. The zero-order valence-electron chi connectivity index (χ0n) is 10.1. The highest BCUT2D eigenvalue weighted by atomic mass is 16.1. The van der Waals surface area contributed by atoms with Crippen molar-refractivity contribution in [1.29, 1.82) is 5.26 Å². The number of benzene rings is 2. The number of rotatable bonds is 3. The van der Waals surface area contributed by atoms with Gasteiger partial charge in [0.2, 0.25) is 0 Å². The van der Waals surface area contributed by atoms with E-state index < -0.39 is 0 Å². The van der Waals surface area contributed by atoms with Gasteiger partial charge in [-0.05, 0) is 18.6 Å². The van der Waals surface area contributed by atoms with Gasteiger partial charge in [-0.25, -0.2) is 0 Å². The topological polar surface area (TPSA) is 40.9 Å². The average molecular weight is 236 g/mol. The molecule has 0 bridgehead atoms. The van der Waals surface area contributed by atoms with Crippen LogP contribution in [-0.4, -0.2) is 5.78 Å². The van der Waals surface area contributed by atoms with Crippen molar-refractivity contribution in [2.24, 2.45) is 0 Å². The van der Waals surface area contributed by atoms with E-state index in [1.54, 1.807) is 24.3 Å². The van der Waals surface area contributed by atoms with E-state index in [-0.39, 0.29) is 11.7 Å². The number of carbonyl (C=O) groups is 1. The lowest BCUT2D eigenvalue weighted by Crippen LogP contribution is -2.02. The van der Waals surface area contributed by atoms with E-state index >= 15 is 0 Å². The first-order chi connectivity index (χ1) is 8.72. The molecule has 2 rings (SSSR count). The van der Waals surface area contributed by atoms with E-state index in [0.29, 0.717) is 11.1 Å². The van der Waals surface area contributed by atoms with Crippen molar-refractivity contribution in [3.05, 3.63) is 71.3 Å². The Labute approximate surface area is 107 Å². The fourth-order valence-corrected chi connectivity index (χ4v) is 1.78. The molecule has 2 aromatic carbocycles. The van der Waals surface area contributed by atoms with Crippen molar-refractivity contribution >= 4 is 5.78 Å². The molecule has 0 aliphatic rings. The van der Waals surface area contributed by atoms with Crippen LogP contribution in [0.2, 0.25) is 0 Å². The van der Waals surface area contributed by atoms with E-state index in [0.717, 1.165) is 5.56 Å². The zero-order valence-corrected chi connectivity index (χ0v) is 10.1. The second-order valence-electron chi connectivity index (χ2n) is 4.17. The summed E-state index contributed by atoms with van der Waals surface area (Å²) < 4.78 is 0. The molecule has 0 heterocycles. The second kappa shape index (κ2) is 5.29. The zero-order chi connectivity index (χ0) is 13.0. The number of ketones is 1. The van der Waals surface area contributed by atoms with Gasteiger partial charge in [-0.3, -0.25) is 4.79 Å². The lowest BCUT2D eigenvalue weighted by atomic mass is 9.99. The van der Waals surface area contributed by atoms with Crippen LogP contribution in [0.15, 0.2) is 54.6 Å². The molecule has 2 nitrogen and oxygen atoms in total. The Kier molecular flexibility index (Phi) is 3.54. The summed E-state index contributed by atoms with van der Waals surface area (Å²) in [6, 6.07) is 18.6. The first-order valence-electron chi connectivity index (χ1n) is 5.81. The number of nitrogens with zero attached hydrogens (tertiary/aromatic N) is 1. The molecule has 0 spiro atoms. The minimum atomic E-state index is -0.200. The molecule has 0 fully saturated rings. The Balaban J connectivity index is 2.35. The minimum Gasteiger partial charge on any atom is -0.289 e. The van der Waals surface area contributed by atoms with Gasteiger partial charge in [0, 0.05) is 11.1 Å². The van der Waals surface area contributed by atoms with E-state index in [2.05, 4.69) is 6.07 Å². The fourth-order valence-electron chi connectivity index (χ4n) is 1.78. The SMILES string of the molecule is CC([13C]#N)c1cccc(C(=O)c2ccccc2)c1. The first-order valence-corrected chi connectivity index (χ1v) is 5.81. The van der Waals surface area contributed by atoms with Crippen LogP contribution in [0.1, 0.15) is 34.3 Å². The highest BCUT2D eigenvalue weighted by Crippen LogP contribution is 2.17. The highest BCUT2D eigenvalue weighted by Gasteiger charge is 2.11. The number of hydrogen-bond acceptors (Lipinski definition) is 2. The predicted molar refractivity (Wildman–Crippen MR) is 70.3 cm³/mol. The third kappa shape index (κ3) is 2.46. The summed E-state index contributed by atoms with van der Waals surface area (Å²) in [6.45, 7) is 1.83. The van der Waals surface area contributed by atoms with E-state index in [1.807, 2.05) is 37.3 Å². The maximum absolute atomic E-state index is 12.2. The quantitative estimate of drug-likeness (QED) is 0.604. The van der Waals surface area contributed by atoms with Crippen LogP contribution in [0.3, 0.4) is 0 Å². The van der Waals surface area contributed by atoms with E-state index in [9.17, 15) is 4.79 Å². The van der Waals surface area contributed by atoms with Gasteiger partial charge in [-0.1, -0.05) is 48.5 Å². The molecule has 0 aliphatic heterocycles. The summed E-state index contributed by atoms with van der Waals surface area (Å²) in [5.41, 5.74) is 2.17. The van der Waals surface area contributed by atoms with Crippen molar-refractivity contribution in [2.45, 2.75) is 12.8 Å². The maximum atomic E-state index is 12.2. The van der Waals surface area contributed by atoms with Crippen molar-refractivity contribution in [3.8, 4) is 6.07 Å². The Bertz CT molecular complexity index is 596. The number of carbonyl (C=O) groups excluding carboxylic acids is 1. The minimum absolute atomic E-state index is 0.0115. The molecule has 0 amide bonds. The molecule has 2 heteroatoms. The molecule has 0 aliphatic carbocycles. The standard InChI is InChI=1S/C16H13NO/c1-12(11-17)14-8-5-9-15(10-14)16(18)13-6-3-2-4-7-13/h2-10,12H,1H3/i11+1. The number of nitriles is 1. The predicted octanol–water partition coefficient (Wildman–Crippen LogP) is 3.54. The van der Waals surface area contributed by atoms with Crippen LogP contribution in [0, 0.1) is 11.3 Å². The van der Waals surface area contributed by atoms with E-state index in [1.165, 1.54) is 0 Å². The molecule has 1 unspecified atom stereocenters. The summed E-state index contributed by atoms with van der Waals surface area (Å²) in [4.78, 5) is 12.2. The molecular weight excluding hydrogens is 223 g/mol. The Morgan fingerprint density at radius 3 is 2.39 bits per heavy atom. The molecule has 2 aromatic rings. The molecule has 1 atom stereocenters. The Morgan fingerprint density at radius 2 is 1.72 bits per heavy atom. The van der Waals surface area contributed by atoms with Crippen molar-refractivity contribution < 1.29 is 4.79 Å². The lowest BCUT2D eigenvalue weighted by molar-refractivity contribution is 0.103. The van der Waals surface area contributed by atoms with Gasteiger partial charge in [0.15, 0.2) is 5.78 Å². The lowest BCUT2D eigenvalue weighted by Gasteiger charge is -2.06. The smallest absolute Gasteiger partial charge is 0.193 e. The normalized spacial score (nSPS) is 11.6. The molecule has 18 heavy (non-hydrogen) atoms. The summed E-state index contributed by atoms with van der Waals surface area (Å²) in [5.74, 6) is -0.212. The van der Waals surface area contributed by atoms with Gasteiger partial charge < -0.3 is 0 Å². The van der Waals surface area contributed by atoms with Gasteiger partial charge in [-0.2, -0.15) is 5.26 Å². The summed E-state index contributed by atoms with van der Waals surface area (Å²) >= 11 is 0. The van der Waals surface area contributed by atoms with Crippen LogP contribution in [-0.2, 0) is 0 Å². The third-order valence-electron chi connectivity index (χ3n) is 2.88. The molecule has 0 aromatic heterocycles. The molecule has 0 saturated carbocycles. The van der Waals surface area contributed by atoms with Crippen LogP contribution in [0.5, 0.6) is 0 Å². The van der Waals surface area contributed by atoms with Crippen molar-refractivity contribution in [2.75, 3.05) is 0 Å². The van der Waals surface area contributed by atoms with Gasteiger partial charge in [0.05, 0.1) is 12.0 Å². The van der Waals surface area contributed by atoms with Gasteiger partial charge in [0.1, 0.15) is 0 Å². The largest absolute Gasteiger partial charge is 0.289 e. The Hall–Kier alpha value is -2.40. The van der Waals surface area contributed by atoms with Gasteiger partial charge >= 0.3 is 0 Å². The Morgan fingerprint density at radius 1 is 1.06 bits per heavy atom. The molecular formula is C16H13NO. The van der Waals surface area contributed by atoms with Crippen LogP contribution >= 0.6 is 0 Å². The molecule has 0 radical (unpaired) electrons. The van der Waals surface area contributed by atoms with Gasteiger partial charge in [-0.15, -0.1) is 0 Å². The third-order valence-corrected chi connectivity index (χ3v) is 2.88. The highest BCUT2D eigenvalue weighted by molar-refractivity contribution is 6.09. The first kappa shape index (κ1) is 12.1. The van der Waals surface area contributed by atoms with E-state index in [4.69, 9.17) is 5.26 Å². The number of hydrogen-bond donors (Lipinski definition) is 0. The average Bonchev–Trinajstić information content (AvgIpc) is 2.46. The monoisotopic (exact) mass is 236 g/mol. The van der Waals surface area contributed by atoms with Crippen molar-refractivity contribution in [1.82, 2.24) is 0 Å². The molecule has 0 saturated heterocycles. The summed E-state index contributed by atoms with van der Waals surface area (Å²) in [5, 5.41) is 8.90. The van der Waals surface area contributed by atoms with Gasteiger partial charge in [0.25, 0.3) is 0 Å². The van der Waals surface area contributed by atoms with Crippen molar-refractivity contribution in [3.63, 3.8) is 0 Å². The second-order valence-corrected chi connectivity index (χ2v) is 4.17.